The number of nitriles is 1. The Kier molecular flexibility index (Phi) is 18.1. The van der Waals surface area contributed by atoms with Crippen molar-refractivity contribution < 1.29 is 9.53 Å². The summed E-state index contributed by atoms with van der Waals surface area (Å²) in [7, 11) is 0. The molecule has 3 heteroatoms. The van der Waals surface area contributed by atoms with Gasteiger partial charge in [0.1, 0.15) is 6.07 Å². The molecule has 0 amide bonds. The highest BCUT2D eigenvalue weighted by Crippen LogP contribution is 2.13. The van der Waals surface area contributed by atoms with E-state index in [1.54, 1.807) is 0 Å². The predicted molar refractivity (Wildman–Crippen MR) is 96.1 cm³/mol. The summed E-state index contributed by atoms with van der Waals surface area (Å²) >= 11 is 0. The molecule has 0 heterocycles. The van der Waals surface area contributed by atoms with Crippen molar-refractivity contribution in [3.05, 3.63) is 0 Å². The van der Waals surface area contributed by atoms with Crippen LogP contribution >= 0.6 is 0 Å². The van der Waals surface area contributed by atoms with E-state index in [0.29, 0.717) is 6.42 Å². The normalized spacial score (nSPS) is 10.4. The van der Waals surface area contributed by atoms with Crippen molar-refractivity contribution in [3.8, 4) is 6.07 Å². The number of unbranched alkanes of at least 4 members (excludes halogenated alkanes) is 14. The molecule has 134 valence electrons. The molecule has 0 rings (SSSR count). The Hall–Kier alpha value is -1.04. The number of carbonyl (C=O) groups excluding carboxylic acids is 1. The lowest BCUT2D eigenvalue weighted by molar-refractivity contribution is -0.142. The summed E-state index contributed by atoms with van der Waals surface area (Å²) in [6.07, 6.45) is 20.3. The molecular weight excluding hydrogens is 286 g/mol. The zero-order valence-corrected chi connectivity index (χ0v) is 15.3. The zero-order valence-electron chi connectivity index (χ0n) is 15.3. The minimum Gasteiger partial charge on any atom is -0.450 e. The summed E-state index contributed by atoms with van der Waals surface area (Å²) in [5.74, 6) is -0.235. The van der Waals surface area contributed by atoms with Crippen LogP contribution in [0.1, 0.15) is 110 Å². The van der Waals surface area contributed by atoms with E-state index in [1.165, 1.54) is 83.5 Å². The third kappa shape index (κ3) is 18.9. The molecule has 0 aromatic carbocycles. The van der Waals surface area contributed by atoms with Crippen LogP contribution in [0, 0.1) is 11.3 Å². The molecule has 0 spiro atoms. The Bertz CT molecular complexity index is 297. The average molecular weight is 324 g/mol. The maximum atomic E-state index is 11.2. The van der Waals surface area contributed by atoms with E-state index in [1.807, 2.05) is 6.07 Å². The van der Waals surface area contributed by atoms with E-state index in [2.05, 4.69) is 6.92 Å². The molecular formula is C20H37NO2. The van der Waals surface area contributed by atoms with Crippen LogP contribution in [0.2, 0.25) is 0 Å². The largest absolute Gasteiger partial charge is 0.450 e. The molecule has 0 radical (unpaired) electrons. The Morgan fingerprint density at radius 1 is 0.739 bits per heavy atom. The zero-order chi connectivity index (χ0) is 17.0. The van der Waals surface area contributed by atoms with Crippen LogP contribution in [-0.2, 0) is 9.53 Å². The van der Waals surface area contributed by atoms with Crippen LogP contribution in [0.3, 0.4) is 0 Å². The van der Waals surface area contributed by atoms with E-state index >= 15 is 0 Å². The highest BCUT2D eigenvalue weighted by atomic mass is 16.5. The summed E-state index contributed by atoms with van der Waals surface area (Å²) in [6, 6.07) is 1.81. The number of hydrogen-bond acceptors (Lipinski definition) is 3. The van der Waals surface area contributed by atoms with E-state index < -0.39 is 0 Å². The van der Waals surface area contributed by atoms with Crippen molar-refractivity contribution in [2.75, 3.05) is 6.61 Å². The first-order chi connectivity index (χ1) is 11.3. The Balaban J connectivity index is 3.05. The second-order valence-corrected chi connectivity index (χ2v) is 6.52. The third-order valence-corrected chi connectivity index (χ3v) is 4.28. The lowest BCUT2D eigenvalue weighted by atomic mass is 10.0. The highest BCUT2D eigenvalue weighted by molar-refractivity contribution is 5.69. The van der Waals surface area contributed by atoms with Gasteiger partial charge in [0.2, 0.25) is 0 Å². The summed E-state index contributed by atoms with van der Waals surface area (Å²) < 4.78 is 4.71. The van der Waals surface area contributed by atoms with Crippen LogP contribution in [0.25, 0.3) is 0 Å². The van der Waals surface area contributed by atoms with Crippen molar-refractivity contribution in [1.29, 1.82) is 5.26 Å². The predicted octanol–water partition coefficient (Wildman–Crippen LogP) is 6.31. The van der Waals surface area contributed by atoms with Crippen LogP contribution in [0.5, 0.6) is 0 Å². The molecule has 0 aliphatic rings. The molecule has 23 heavy (non-hydrogen) atoms. The molecule has 0 aromatic heterocycles. The SMILES string of the molecule is CCCCCCCCCCCCCCCCCC(=O)OCC#N. The Morgan fingerprint density at radius 3 is 1.52 bits per heavy atom. The number of carbonyl (C=O) groups is 1. The fourth-order valence-corrected chi connectivity index (χ4v) is 2.83. The molecule has 0 unspecified atom stereocenters. The molecule has 0 saturated heterocycles. The van der Waals surface area contributed by atoms with E-state index in [0.717, 1.165) is 12.8 Å². The summed E-state index contributed by atoms with van der Waals surface area (Å²) in [4.78, 5) is 11.2. The molecule has 0 fully saturated rings. The number of ether oxygens (including phenoxy) is 1. The van der Waals surface area contributed by atoms with E-state index in [4.69, 9.17) is 10.00 Å². The molecule has 3 nitrogen and oxygen atoms in total. The van der Waals surface area contributed by atoms with Crippen molar-refractivity contribution in [2.24, 2.45) is 0 Å². The van der Waals surface area contributed by atoms with Crippen molar-refractivity contribution >= 4 is 5.97 Å². The van der Waals surface area contributed by atoms with Crippen LogP contribution < -0.4 is 0 Å². The van der Waals surface area contributed by atoms with Gasteiger partial charge in [-0.2, -0.15) is 5.26 Å². The smallest absolute Gasteiger partial charge is 0.306 e. The molecule has 0 aliphatic carbocycles. The Morgan fingerprint density at radius 2 is 1.13 bits per heavy atom. The molecule has 0 atom stereocenters. The first-order valence-electron chi connectivity index (χ1n) is 9.83. The minimum atomic E-state index is -0.235. The summed E-state index contributed by atoms with van der Waals surface area (Å²) in [5.41, 5.74) is 0. The fraction of sp³-hybridized carbons (Fsp3) is 0.900. The molecule has 0 bridgehead atoms. The van der Waals surface area contributed by atoms with Crippen molar-refractivity contribution in [2.45, 2.75) is 110 Å². The van der Waals surface area contributed by atoms with Gasteiger partial charge >= 0.3 is 5.97 Å². The number of nitrogens with zero attached hydrogens (tertiary/aromatic N) is 1. The average Bonchev–Trinajstić information content (AvgIpc) is 2.56. The van der Waals surface area contributed by atoms with Gasteiger partial charge in [-0.15, -0.1) is 0 Å². The standard InChI is InChI=1S/C20H37NO2/c1-2-3-4-5-6-7-8-9-10-11-12-13-14-15-16-17-20(22)23-19-18-21/h2-17,19H2,1H3. The van der Waals surface area contributed by atoms with E-state index in [-0.39, 0.29) is 12.6 Å². The molecule has 0 N–H and O–H groups in total. The van der Waals surface area contributed by atoms with Gasteiger partial charge in [0.15, 0.2) is 6.61 Å². The quantitative estimate of drug-likeness (QED) is 0.232. The lowest BCUT2D eigenvalue weighted by Crippen LogP contribution is -2.03. The van der Waals surface area contributed by atoms with Gasteiger partial charge < -0.3 is 4.74 Å². The van der Waals surface area contributed by atoms with Crippen LogP contribution in [0.15, 0.2) is 0 Å². The minimum absolute atomic E-state index is 0.114. The first-order valence-corrected chi connectivity index (χ1v) is 9.83. The van der Waals surface area contributed by atoms with Gasteiger partial charge in [0, 0.05) is 6.42 Å². The fourth-order valence-electron chi connectivity index (χ4n) is 2.83. The monoisotopic (exact) mass is 323 g/mol. The van der Waals surface area contributed by atoms with Crippen molar-refractivity contribution in [3.63, 3.8) is 0 Å². The highest BCUT2D eigenvalue weighted by Gasteiger charge is 2.01. The van der Waals surface area contributed by atoms with Gasteiger partial charge in [0.05, 0.1) is 0 Å². The van der Waals surface area contributed by atoms with E-state index in [9.17, 15) is 4.79 Å². The summed E-state index contributed by atoms with van der Waals surface area (Å²) in [6.45, 7) is 2.16. The maximum Gasteiger partial charge on any atom is 0.306 e. The van der Waals surface area contributed by atoms with Crippen molar-refractivity contribution in [1.82, 2.24) is 0 Å². The maximum absolute atomic E-state index is 11.2. The first kappa shape index (κ1) is 22.0. The molecule has 0 aromatic rings. The second kappa shape index (κ2) is 19.0. The van der Waals surface area contributed by atoms with Crippen LogP contribution in [0.4, 0.5) is 0 Å². The Labute approximate surface area is 143 Å². The third-order valence-electron chi connectivity index (χ3n) is 4.28. The van der Waals surface area contributed by atoms with Gasteiger partial charge in [-0.25, -0.2) is 0 Å². The van der Waals surface area contributed by atoms with Gasteiger partial charge in [0.25, 0.3) is 0 Å². The number of esters is 1. The second-order valence-electron chi connectivity index (χ2n) is 6.52. The number of rotatable bonds is 17. The topological polar surface area (TPSA) is 50.1 Å². The van der Waals surface area contributed by atoms with Crippen LogP contribution in [-0.4, -0.2) is 12.6 Å². The van der Waals surface area contributed by atoms with Gasteiger partial charge in [-0.1, -0.05) is 96.8 Å². The molecule has 0 saturated carbocycles. The van der Waals surface area contributed by atoms with Gasteiger partial charge in [-0.3, -0.25) is 4.79 Å². The summed E-state index contributed by atoms with van der Waals surface area (Å²) in [5, 5.41) is 8.29. The lowest BCUT2D eigenvalue weighted by Gasteiger charge is -2.03. The van der Waals surface area contributed by atoms with Gasteiger partial charge in [-0.05, 0) is 6.42 Å². The molecule has 0 aliphatic heterocycles. The number of hydrogen-bond donors (Lipinski definition) is 0.